The summed E-state index contributed by atoms with van der Waals surface area (Å²) >= 11 is 3.12. The number of aromatic nitrogens is 3. The van der Waals surface area contributed by atoms with Gasteiger partial charge >= 0.3 is 0 Å². The van der Waals surface area contributed by atoms with Gasteiger partial charge in [0.15, 0.2) is 11.0 Å². The first-order chi connectivity index (χ1) is 13.9. The molecule has 3 rings (SSSR count). The zero-order chi connectivity index (χ0) is 21.0. The first-order valence-electron chi connectivity index (χ1n) is 9.51. The van der Waals surface area contributed by atoms with Crippen LogP contribution in [0.4, 0.5) is 5.69 Å². The molecule has 0 unspecified atom stereocenters. The molecular formula is C22H26N4OS2. The van der Waals surface area contributed by atoms with E-state index in [-0.39, 0.29) is 11.7 Å². The van der Waals surface area contributed by atoms with E-state index < -0.39 is 0 Å². The van der Waals surface area contributed by atoms with E-state index in [0.717, 1.165) is 28.2 Å². The third kappa shape index (κ3) is 5.16. The Labute approximate surface area is 180 Å². The van der Waals surface area contributed by atoms with Crippen molar-refractivity contribution in [3.8, 4) is 11.4 Å². The minimum atomic E-state index is -0.0592. The fourth-order valence-electron chi connectivity index (χ4n) is 2.86. The summed E-state index contributed by atoms with van der Waals surface area (Å²) in [5, 5.41) is 14.5. The first kappa shape index (κ1) is 21.3. The second-order valence-electron chi connectivity index (χ2n) is 7.25. The van der Waals surface area contributed by atoms with Crippen LogP contribution in [0.25, 0.3) is 11.4 Å². The van der Waals surface area contributed by atoms with Gasteiger partial charge in [0.2, 0.25) is 5.91 Å². The number of nitrogens with one attached hydrogen (secondary N) is 1. The summed E-state index contributed by atoms with van der Waals surface area (Å²) in [6, 6.07) is 8.20. The minimum Gasteiger partial charge on any atom is -0.325 e. The highest BCUT2D eigenvalue weighted by Gasteiger charge is 2.17. The van der Waals surface area contributed by atoms with Crippen LogP contribution in [0.3, 0.4) is 0 Å². The molecule has 3 aromatic rings. The summed E-state index contributed by atoms with van der Waals surface area (Å²) in [5.74, 6) is 1.50. The Morgan fingerprint density at radius 2 is 2.10 bits per heavy atom. The molecule has 5 nitrogen and oxygen atoms in total. The van der Waals surface area contributed by atoms with Crippen molar-refractivity contribution in [1.29, 1.82) is 0 Å². The standard InChI is InChI=1S/C22H26N4OS2/c1-6-9-26-21(17-11-19(14(2)3)28-12-17)24-25-22(26)29-13-20(27)23-18-10-15(4)7-8-16(18)5/h6-8,10-12,14H,1,9,13H2,2-5H3,(H,23,27). The van der Waals surface area contributed by atoms with Gasteiger partial charge in [-0.1, -0.05) is 43.8 Å². The molecule has 29 heavy (non-hydrogen) atoms. The van der Waals surface area contributed by atoms with Gasteiger partial charge in [0.1, 0.15) is 0 Å². The molecule has 0 fully saturated rings. The van der Waals surface area contributed by atoms with Crippen molar-refractivity contribution in [2.24, 2.45) is 0 Å². The van der Waals surface area contributed by atoms with Crippen LogP contribution in [-0.4, -0.2) is 26.4 Å². The second kappa shape index (κ2) is 9.41. The van der Waals surface area contributed by atoms with Crippen molar-refractivity contribution < 1.29 is 4.79 Å². The third-order valence-electron chi connectivity index (χ3n) is 4.48. The summed E-state index contributed by atoms with van der Waals surface area (Å²) in [6.07, 6.45) is 1.82. The van der Waals surface area contributed by atoms with E-state index in [1.54, 1.807) is 11.3 Å². The van der Waals surface area contributed by atoms with Crippen molar-refractivity contribution in [1.82, 2.24) is 14.8 Å². The van der Waals surface area contributed by atoms with Crippen LogP contribution < -0.4 is 5.32 Å². The first-order valence-corrected chi connectivity index (χ1v) is 11.4. The molecule has 0 aliphatic heterocycles. The normalized spacial score (nSPS) is 11.1. The van der Waals surface area contributed by atoms with Crippen molar-refractivity contribution in [3.63, 3.8) is 0 Å². The Bertz CT molecular complexity index is 1020. The van der Waals surface area contributed by atoms with E-state index in [1.807, 2.05) is 42.7 Å². The largest absolute Gasteiger partial charge is 0.325 e. The molecule has 1 aromatic carbocycles. The van der Waals surface area contributed by atoms with Crippen LogP contribution in [0, 0.1) is 13.8 Å². The molecule has 1 amide bonds. The van der Waals surface area contributed by atoms with E-state index in [9.17, 15) is 4.79 Å². The van der Waals surface area contributed by atoms with Gasteiger partial charge in [0.25, 0.3) is 0 Å². The summed E-state index contributed by atoms with van der Waals surface area (Å²) < 4.78 is 2.01. The number of thiophene rings is 1. The number of amides is 1. The van der Waals surface area contributed by atoms with Gasteiger partial charge in [-0.3, -0.25) is 9.36 Å². The highest BCUT2D eigenvalue weighted by Crippen LogP contribution is 2.31. The van der Waals surface area contributed by atoms with Gasteiger partial charge in [-0.05, 0) is 43.0 Å². The fraction of sp³-hybridized carbons (Fsp3) is 0.318. The van der Waals surface area contributed by atoms with E-state index in [1.165, 1.54) is 16.6 Å². The molecule has 0 spiro atoms. The maximum atomic E-state index is 12.5. The quantitative estimate of drug-likeness (QED) is 0.373. The molecule has 1 N–H and O–H groups in total. The van der Waals surface area contributed by atoms with Crippen molar-refractivity contribution in [2.75, 3.05) is 11.1 Å². The zero-order valence-corrected chi connectivity index (χ0v) is 18.9. The Morgan fingerprint density at radius 1 is 1.31 bits per heavy atom. The highest BCUT2D eigenvalue weighted by atomic mass is 32.2. The SMILES string of the molecule is C=CCn1c(SCC(=O)Nc2cc(C)ccc2C)nnc1-c1csc(C(C)C)c1. The maximum absolute atomic E-state index is 12.5. The smallest absolute Gasteiger partial charge is 0.234 e. The van der Waals surface area contributed by atoms with E-state index in [2.05, 4.69) is 47.4 Å². The lowest BCUT2D eigenvalue weighted by Crippen LogP contribution is -2.15. The Kier molecular flexibility index (Phi) is 6.92. The molecule has 0 bridgehead atoms. The number of carbonyl (C=O) groups is 1. The fourth-order valence-corrected chi connectivity index (χ4v) is 4.51. The van der Waals surface area contributed by atoms with Crippen LogP contribution in [0.5, 0.6) is 0 Å². The van der Waals surface area contributed by atoms with E-state index in [0.29, 0.717) is 17.6 Å². The maximum Gasteiger partial charge on any atom is 0.234 e. The number of hydrogen-bond donors (Lipinski definition) is 1. The number of thioether (sulfide) groups is 1. The van der Waals surface area contributed by atoms with Crippen molar-refractivity contribution >= 4 is 34.7 Å². The van der Waals surface area contributed by atoms with Crippen LogP contribution in [0.15, 0.2) is 47.5 Å². The van der Waals surface area contributed by atoms with Gasteiger partial charge in [-0.15, -0.1) is 28.1 Å². The van der Waals surface area contributed by atoms with Crippen LogP contribution in [0.2, 0.25) is 0 Å². The summed E-state index contributed by atoms with van der Waals surface area (Å²) in [5.41, 5.74) is 4.07. The van der Waals surface area contributed by atoms with Crippen LogP contribution in [-0.2, 0) is 11.3 Å². The average molecular weight is 427 g/mol. The molecular weight excluding hydrogens is 400 g/mol. The van der Waals surface area contributed by atoms with Crippen molar-refractivity contribution in [2.45, 2.75) is 45.3 Å². The van der Waals surface area contributed by atoms with Gasteiger partial charge in [-0.2, -0.15) is 0 Å². The molecule has 0 aliphatic carbocycles. The van der Waals surface area contributed by atoms with Crippen LogP contribution >= 0.6 is 23.1 Å². The number of allylic oxidation sites excluding steroid dienone is 1. The molecule has 152 valence electrons. The number of hydrogen-bond acceptors (Lipinski definition) is 5. The molecule has 0 atom stereocenters. The van der Waals surface area contributed by atoms with Crippen LogP contribution in [0.1, 0.15) is 35.8 Å². The number of carbonyl (C=O) groups excluding carboxylic acids is 1. The number of rotatable bonds is 8. The summed E-state index contributed by atoms with van der Waals surface area (Å²) in [4.78, 5) is 13.8. The summed E-state index contributed by atoms with van der Waals surface area (Å²) in [6.45, 7) is 12.8. The topological polar surface area (TPSA) is 59.8 Å². The van der Waals surface area contributed by atoms with Gasteiger partial charge < -0.3 is 5.32 Å². The molecule has 0 radical (unpaired) electrons. The molecule has 0 aliphatic rings. The lowest BCUT2D eigenvalue weighted by molar-refractivity contribution is -0.113. The Morgan fingerprint density at radius 3 is 2.79 bits per heavy atom. The number of nitrogens with zero attached hydrogens (tertiary/aromatic N) is 3. The highest BCUT2D eigenvalue weighted by molar-refractivity contribution is 7.99. The lowest BCUT2D eigenvalue weighted by atomic mass is 10.1. The number of aryl methyl sites for hydroxylation is 2. The number of benzene rings is 1. The zero-order valence-electron chi connectivity index (χ0n) is 17.2. The van der Waals surface area contributed by atoms with Gasteiger partial charge in [-0.25, -0.2) is 0 Å². The third-order valence-corrected chi connectivity index (χ3v) is 6.67. The predicted molar refractivity (Wildman–Crippen MR) is 123 cm³/mol. The molecule has 0 saturated heterocycles. The van der Waals surface area contributed by atoms with Gasteiger partial charge in [0.05, 0.1) is 5.75 Å². The monoisotopic (exact) mass is 426 g/mol. The number of anilines is 1. The lowest BCUT2D eigenvalue weighted by Gasteiger charge is -2.10. The molecule has 2 aromatic heterocycles. The second-order valence-corrected chi connectivity index (χ2v) is 9.14. The Balaban J connectivity index is 1.73. The average Bonchev–Trinajstić information content (AvgIpc) is 3.30. The summed E-state index contributed by atoms with van der Waals surface area (Å²) in [7, 11) is 0. The Hall–Kier alpha value is -2.38. The van der Waals surface area contributed by atoms with Gasteiger partial charge in [0, 0.05) is 28.1 Å². The predicted octanol–water partition coefficient (Wildman–Crippen LogP) is 5.66. The van der Waals surface area contributed by atoms with Crippen molar-refractivity contribution in [3.05, 3.63) is 58.3 Å². The molecule has 2 heterocycles. The van der Waals surface area contributed by atoms with E-state index in [4.69, 9.17) is 0 Å². The molecule has 0 saturated carbocycles. The van der Waals surface area contributed by atoms with E-state index >= 15 is 0 Å². The molecule has 7 heteroatoms. The minimum absolute atomic E-state index is 0.0592.